The predicted molar refractivity (Wildman–Crippen MR) is 61.7 cm³/mol. The average molecular weight is 258 g/mol. The summed E-state index contributed by atoms with van der Waals surface area (Å²) in [4.78, 5) is 33.7. The molecule has 0 aromatic carbocycles. The molecule has 102 valence electrons. The number of rotatable bonds is 7. The van der Waals surface area contributed by atoms with E-state index in [4.69, 9.17) is 9.84 Å². The molecule has 1 aliphatic carbocycles. The van der Waals surface area contributed by atoms with E-state index in [1.807, 2.05) is 0 Å². The fraction of sp³-hybridized carbons (Fsp3) is 0.727. The van der Waals surface area contributed by atoms with Gasteiger partial charge in [0.1, 0.15) is 6.04 Å². The van der Waals surface area contributed by atoms with E-state index in [2.05, 4.69) is 10.6 Å². The van der Waals surface area contributed by atoms with Crippen LogP contribution in [0.4, 0.5) is 0 Å². The summed E-state index contributed by atoms with van der Waals surface area (Å²) in [5.74, 6) is -2.76. The van der Waals surface area contributed by atoms with E-state index in [-0.39, 0.29) is 11.8 Å². The summed E-state index contributed by atoms with van der Waals surface area (Å²) in [7, 11) is 1.52. The van der Waals surface area contributed by atoms with Crippen LogP contribution in [0.5, 0.6) is 0 Å². The van der Waals surface area contributed by atoms with Crippen molar-refractivity contribution < 1.29 is 24.2 Å². The van der Waals surface area contributed by atoms with Gasteiger partial charge in [-0.25, -0.2) is 0 Å². The first-order valence-electron chi connectivity index (χ1n) is 5.77. The molecule has 1 saturated carbocycles. The van der Waals surface area contributed by atoms with Gasteiger partial charge in [0.05, 0.1) is 18.4 Å². The maximum Gasteiger partial charge on any atom is 0.307 e. The largest absolute Gasteiger partial charge is 0.481 e. The lowest BCUT2D eigenvalue weighted by atomic mass is 10.2. The monoisotopic (exact) mass is 258 g/mol. The third-order valence-corrected chi connectivity index (χ3v) is 2.80. The van der Waals surface area contributed by atoms with Crippen molar-refractivity contribution in [1.82, 2.24) is 10.6 Å². The van der Waals surface area contributed by atoms with Gasteiger partial charge in [-0.05, 0) is 13.3 Å². The molecule has 0 aromatic heterocycles. The highest BCUT2D eigenvalue weighted by molar-refractivity contribution is 5.92. The molecule has 0 saturated heterocycles. The molecule has 0 bridgehead atoms. The molecule has 18 heavy (non-hydrogen) atoms. The summed E-state index contributed by atoms with van der Waals surface area (Å²) < 4.78 is 4.77. The van der Waals surface area contributed by atoms with Crippen molar-refractivity contribution in [2.45, 2.75) is 19.4 Å². The molecule has 3 N–H and O–H groups in total. The molecule has 1 fully saturated rings. The first-order chi connectivity index (χ1) is 8.47. The summed E-state index contributed by atoms with van der Waals surface area (Å²) in [6, 6.07) is -0.676. The molecule has 0 heterocycles. The van der Waals surface area contributed by atoms with Crippen LogP contribution in [0.2, 0.25) is 0 Å². The van der Waals surface area contributed by atoms with Crippen LogP contribution in [0.1, 0.15) is 13.3 Å². The number of nitrogens with one attached hydrogen (secondary N) is 2. The van der Waals surface area contributed by atoms with Gasteiger partial charge >= 0.3 is 5.97 Å². The minimum absolute atomic E-state index is 0.312. The van der Waals surface area contributed by atoms with Crippen molar-refractivity contribution in [3.8, 4) is 0 Å². The Balaban J connectivity index is 2.27. The minimum Gasteiger partial charge on any atom is -0.481 e. The van der Waals surface area contributed by atoms with Crippen molar-refractivity contribution in [2.24, 2.45) is 11.8 Å². The van der Waals surface area contributed by atoms with Crippen LogP contribution in [0.3, 0.4) is 0 Å². The molecule has 7 nitrogen and oxygen atoms in total. The lowest BCUT2D eigenvalue weighted by molar-refractivity contribution is -0.140. The second-order valence-electron chi connectivity index (χ2n) is 4.30. The highest BCUT2D eigenvalue weighted by Gasteiger charge is 2.48. The van der Waals surface area contributed by atoms with Crippen molar-refractivity contribution in [3.63, 3.8) is 0 Å². The Labute approximate surface area is 105 Å². The Morgan fingerprint density at radius 1 is 1.39 bits per heavy atom. The van der Waals surface area contributed by atoms with Crippen LogP contribution >= 0.6 is 0 Å². The highest BCUT2D eigenvalue weighted by Crippen LogP contribution is 2.38. The van der Waals surface area contributed by atoms with Crippen LogP contribution in [0.15, 0.2) is 0 Å². The van der Waals surface area contributed by atoms with Gasteiger partial charge in [-0.1, -0.05) is 0 Å². The lowest BCUT2D eigenvalue weighted by Gasteiger charge is -2.13. The van der Waals surface area contributed by atoms with E-state index < -0.39 is 23.8 Å². The van der Waals surface area contributed by atoms with Gasteiger partial charge in [-0.2, -0.15) is 0 Å². The lowest BCUT2D eigenvalue weighted by Crippen LogP contribution is -2.46. The molecule has 0 radical (unpaired) electrons. The van der Waals surface area contributed by atoms with Gasteiger partial charge in [0.2, 0.25) is 11.8 Å². The maximum atomic E-state index is 11.6. The standard InChI is InChI=1S/C11H18N2O5/c1-6(9(14)12-3-4-18-2)13-10(15)7-5-8(7)11(16)17/h6-8H,3-5H2,1-2H3,(H,12,14)(H,13,15)(H,16,17). The molecule has 3 unspecified atom stereocenters. The zero-order chi connectivity index (χ0) is 13.7. The van der Waals surface area contributed by atoms with Crippen molar-refractivity contribution >= 4 is 17.8 Å². The molecule has 1 rings (SSSR count). The van der Waals surface area contributed by atoms with Crippen molar-refractivity contribution in [2.75, 3.05) is 20.3 Å². The molecule has 0 aliphatic heterocycles. The number of carbonyl (C=O) groups is 3. The molecule has 1 aliphatic rings. The minimum atomic E-state index is -0.965. The number of carbonyl (C=O) groups excluding carboxylic acids is 2. The first kappa shape index (κ1) is 14.4. The van der Waals surface area contributed by atoms with E-state index in [0.717, 1.165) is 0 Å². The van der Waals surface area contributed by atoms with Gasteiger partial charge < -0.3 is 20.5 Å². The smallest absolute Gasteiger partial charge is 0.307 e. The van der Waals surface area contributed by atoms with Gasteiger partial charge in [-0.3, -0.25) is 14.4 Å². The quantitative estimate of drug-likeness (QED) is 0.507. The molecule has 7 heteroatoms. The summed E-state index contributed by atoms with van der Waals surface area (Å²) in [6.07, 6.45) is 0.346. The maximum absolute atomic E-state index is 11.6. The number of amides is 2. The summed E-state index contributed by atoms with van der Waals surface area (Å²) in [5.41, 5.74) is 0. The zero-order valence-corrected chi connectivity index (χ0v) is 10.4. The summed E-state index contributed by atoms with van der Waals surface area (Å²) >= 11 is 0. The second kappa shape index (κ2) is 6.34. The summed E-state index contributed by atoms with van der Waals surface area (Å²) in [5, 5.41) is 13.8. The van der Waals surface area contributed by atoms with E-state index in [0.29, 0.717) is 19.6 Å². The number of ether oxygens (including phenoxy) is 1. The molecule has 3 atom stereocenters. The van der Waals surface area contributed by atoms with Crippen LogP contribution in [-0.2, 0) is 19.1 Å². The van der Waals surface area contributed by atoms with E-state index in [1.165, 1.54) is 7.11 Å². The average Bonchev–Trinajstić information content (AvgIpc) is 3.09. The second-order valence-corrected chi connectivity index (χ2v) is 4.30. The number of carboxylic acids is 1. The fourth-order valence-electron chi connectivity index (χ4n) is 1.57. The van der Waals surface area contributed by atoms with Gasteiger partial charge in [0, 0.05) is 13.7 Å². The van der Waals surface area contributed by atoms with E-state index in [9.17, 15) is 14.4 Å². The molecular formula is C11H18N2O5. The molecular weight excluding hydrogens is 240 g/mol. The number of methoxy groups -OCH3 is 1. The van der Waals surface area contributed by atoms with E-state index >= 15 is 0 Å². The van der Waals surface area contributed by atoms with Crippen LogP contribution in [0, 0.1) is 11.8 Å². The Morgan fingerprint density at radius 3 is 2.56 bits per heavy atom. The molecule has 0 spiro atoms. The number of carboxylic acid groups (broad SMARTS) is 1. The Kier molecular flexibility index (Phi) is 5.08. The Bertz CT molecular complexity index is 344. The third kappa shape index (κ3) is 3.99. The number of hydrogen-bond donors (Lipinski definition) is 3. The van der Waals surface area contributed by atoms with E-state index in [1.54, 1.807) is 6.92 Å². The summed E-state index contributed by atoms with van der Waals surface area (Å²) in [6.45, 7) is 2.32. The topological polar surface area (TPSA) is 105 Å². The Hall–Kier alpha value is -1.63. The predicted octanol–water partition coefficient (Wildman–Crippen LogP) is -1.03. The van der Waals surface area contributed by atoms with Gasteiger partial charge in [0.15, 0.2) is 0 Å². The Morgan fingerprint density at radius 2 is 2.06 bits per heavy atom. The van der Waals surface area contributed by atoms with Gasteiger partial charge in [-0.15, -0.1) is 0 Å². The molecule has 2 amide bonds. The number of hydrogen-bond acceptors (Lipinski definition) is 4. The first-order valence-corrected chi connectivity index (χ1v) is 5.77. The third-order valence-electron chi connectivity index (χ3n) is 2.80. The normalized spacial score (nSPS) is 23.0. The zero-order valence-electron chi connectivity index (χ0n) is 10.4. The van der Waals surface area contributed by atoms with Crippen molar-refractivity contribution in [1.29, 1.82) is 0 Å². The van der Waals surface area contributed by atoms with Crippen LogP contribution < -0.4 is 10.6 Å². The number of aliphatic carboxylic acids is 1. The van der Waals surface area contributed by atoms with Crippen LogP contribution in [0.25, 0.3) is 0 Å². The SMILES string of the molecule is COCCNC(=O)C(C)NC(=O)C1CC1C(=O)O. The van der Waals surface area contributed by atoms with Crippen molar-refractivity contribution in [3.05, 3.63) is 0 Å². The van der Waals surface area contributed by atoms with Crippen LogP contribution in [-0.4, -0.2) is 49.2 Å². The highest BCUT2D eigenvalue weighted by atomic mass is 16.5. The molecule has 0 aromatic rings. The fourth-order valence-corrected chi connectivity index (χ4v) is 1.57. The van der Waals surface area contributed by atoms with Gasteiger partial charge in [0.25, 0.3) is 0 Å².